The first kappa shape index (κ1) is 27.9. The van der Waals surface area contributed by atoms with Crippen LogP contribution in [0.15, 0.2) is 0 Å². The van der Waals surface area contributed by atoms with E-state index in [9.17, 15) is 9.59 Å². The van der Waals surface area contributed by atoms with E-state index in [0.717, 1.165) is 12.8 Å². The molecule has 0 N–H and O–H groups in total. The standard InChI is InChI=1S/C24H46O5/c1-5-9-10-11-12-13-14-15-16-17-18-19-28-22(25)24(6-2,7-3)23(26)29-21-20-27-8-4/h5-21H2,1-4H3. The molecule has 0 heterocycles. The minimum absolute atomic E-state index is 0.167. The third kappa shape index (κ3) is 12.2. The van der Waals surface area contributed by atoms with Crippen LogP contribution in [0.2, 0.25) is 0 Å². The second-order valence-electron chi connectivity index (χ2n) is 7.79. The van der Waals surface area contributed by atoms with E-state index in [0.29, 0.717) is 32.7 Å². The largest absolute Gasteiger partial charge is 0.465 e. The molecule has 0 aromatic carbocycles. The Morgan fingerprint density at radius 2 is 1.03 bits per heavy atom. The Morgan fingerprint density at radius 3 is 1.48 bits per heavy atom. The van der Waals surface area contributed by atoms with E-state index >= 15 is 0 Å². The van der Waals surface area contributed by atoms with Gasteiger partial charge in [-0.25, -0.2) is 0 Å². The van der Waals surface area contributed by atoms with Crippen LogP contribution >= 0.6 is 0 Å². The number of hydrogen-bond donors (Lipinski definition) is 0. The highest BCUT2D eigenvalue weighted by molar-refractivity contribution is 5.99. The van der Waals surface area contributed by atoms with E-state index in [1.807, 2.05) is 20.8 Å². The Hall–Kier alpha value is -1.10. The molecule has 5 heteroatoms. The third-order valence-corrected chi connectivity index (χ3v) is 5.63. The minimum atomic E-state index is -1.19. The molecule has 0 atom stereocenters. The monoisotopic (exact) mass is 414 g/mol. The number of carbonyl (C=O) groups is 2. The fourth-order valence-corrected chi connectivity index (χ4v) is 3.46. The molecule has 0 aliphatic heterocycles. The summed E-state index contributed by atoms with van der Waals surface area (Å²) in [6.07, 6.45) is 14.5. The zero-order valence-corrected chi connectivity index (χ0v) is 19.6. The summed E-state index contributed by atoms with van der Waals surface area (Å²) in [6, 6.07) is 0. The molecule has 5 nitrogen and oxygen atoms in total. The summed E-state index contributed by atoms with van der Waals surface area (Å²) >= 11 is 0. The number of esters is 2. The lowest BCUT2D eigenvalue weighted by atomic mass is 9.82. The normalized spacial score (nSPS) is 11.4. The smallest absolute Gasteiger partial charge is 0.323 e. The van der Waals surface area contributed by atoms with Gasteiger partial charge < -0.3 is 14.2 Å². The second kappa shape index (κ2) is 18.9. The SMILES string of the molecule is CCCCCCCCCCCCCOC(=O)C(CC)(CC)C(=O)OCCOCC. The minimum Gasteiger partial charge on any atom is -0.465 e. The molecule has 0 radical (unpaired) electrons. The molecule has 0 aliphatic rings. The van der Waals surface area contributed by atoms with Crippen LogP contribution in [0.1, 0.15) is 111 Å². The maximum atomic E-state index is 12.6. The van der Waals surface area contributed by atoms with Crippen molar-refractivity contribution in [3.8, 4) is 0 Å². The second-order valence-corrected chi connectivity index (χ2v) is 7.79. The maximum absolute atomic E-state index is 12.6. The summed E-state index contributed by atoms with van der Waals surface area (Å²) in [5, 5.41) is 0. The number of rotatable bonds is 20. The first-order valence-electron chi connectivity index (χ1n) is 12.0. The molecule has 0 unspecified atom stereocenters. The Labute approximate surface area is 179 Å². The first-order chi connectivity index (χ1) is 14.1. The number of hydrogen-bond acceptors (Lipinski definition) is 5. The highest BCUT2D eigenvalue weighted by atomic mass is 16.6. The van der Waals surface area contributed by atoms with Crippen LogP contribution in [-0.4, -0.2) is 38.4 Å². The van der Waals surface area contributed by atoms with Crippen molar-refractivity contribution in [3.63, 3.8) is 0 Å². The van der Waals surface area contributed by atoms with E-state index in [1.165, 1.54) is 57.8 Å². The lowest BCUT2D eigenvalue weighted by Gasteiger charge is -2.26. The molecule has 0 saturated carbocycles. The Bertz CT molecular complexity index is 404. The first-order valence-corrected chi connectivity index (χ1v) is 12.0. The molecule has 0 aromatic heterocycles. The van der Waals surface area contributed by atoms with Gasteiger partial charge in [0.25, 0.3) is 0 Å². The molecule has 0 rings (SSSR count). The average Bonchev–Trinajstić information content (AvgIpc) is 2.73. The van der Waals surface area contributed by atoms with Crippen LogP contribution in [0.4, 0.5) is 0 Å². The van der Waals surface area contributed by atoms with Gasteiger partial charge in [0.05, 0.1) is 13.2 Å². The van der Waals surface area contributed by atoms with Crippen molar-refractivity contribution in [3.05, 3.63) is 0 Å². The van der Waals surface area contributed by atoms with E-state index in [1.54, 1.807) is 0 Å². The number of ether oxygens (including phenoxy) is 3. The molecule has 0 aromatic rings. The molecule has 29 heavy (non-hydrogen) atoms. The fraction of sp³-hybridized carbons (Fsp3) is 0.917. The van der Waals surface area contributed by atoms with Crippen LogP contribution in [0.25, 0.3) is 0 Å². The molecule has 0 saturated heterocycles. The average molecular weight is 415 g/mol. The summed E-state index contributed by atoms with van der Waals surface area (Å²) < 4.78 is 15.9. The quantitative estimate of drug-likeness (QED) is 0.134. The van der Waals surface area contributed by atoms with Crippen molar-refractivity contribution < 1.29 is 23.8 Å². The zero-order chi connectivity index (χ0) is 21.8. The van der Waals surface area contributed by atoms with Gasteiger partial charge in [-0.2, -0.15) is 0 Å². The lowest BCUT2D eigenvalue weighted by molar-refractivity contribution is -0.174. The highest BCUT2D eigenvalue weighted by Crippen LogP contribution is 2.30. The molecule has 0 spiro atoms. The number of carbonyl (C=O) groups excluding carboxylic acids is 2. The van der Waals surface area contributed by atoms with Crippen molar-refractivity contribution in [2.45, 2.75) is 111 Å². The van der Waals surface area contributed by atoms with Crippen LogP contribution in [-0.2, 0) is 23.8 Å². The fourth-order valence-electron chi connectivity index (χ4n) is 3.46. The van der Waals surface area contributed by atoms with Gasteiger partial charge in [-0.05, 0) is 26.2 Å². The molecular formula is C24H46O5. The van der Waals surface area contributed by atoms with Crippen LogP contribution in [0.3, 0.4) is 0 Å². The highest BCUT2D eigenvalue weighted by Gasteiger charge is 2.45. The molecule has 0 aliphatic carbocycles. The predicted molar refractivity (Wildman–Crippen MR) is 118 cm³/mol. The summed E-state index contributed by atoms with van der Waals surface area (Å²) in [7, 11) is 0. The van der Waals surface area contributed by atoms with Gasteiger partial charge >= 0.3 is 11.9 Å². The molecule has 0 fully saturated rings. The van der Waals surface area contributed by atoms with Gasteiger partial charge in [-0.15, -0.1) is 0 Å². The van der Waals surface area contributed by atoms with Gasteiger partial charge in [-0.3, -0.25) is 9.59 Å². The molecule has 172 valence electrons. The Balaban J connectivity index is 3.96. The van der Waals surface area contributed by atoms with Gasteiger partial charge in [0.15, 0.2) is 5.41 Å². The Morgan fingerprint density at radius 1 is 0.586 bits per heavy atom. The van der Waals surface area contributed by atoms with Gasteiger partial charge in [0, 0.05) is 6.61 Å². The topological polar surface area (TPSA) is 61.8 Å². The van der Waals surface area contributed by atoms with Crippen molar-refractivity contribution in [1.29, 1.82) is 0 Å². The molecule has 0 amide bonds. The van der Waals surface area contributed by atoms with Crippen molar-refractivity contribution in [2.75, 3.05) is 26.4 Å². The summed E-state index contributed by atoms with van der Waals surface area (Å²) in [6.45, 7) is 9.26. The number of unbranched alkanes of at least 4 members (excludes halogenated alkanes) is 10. The lowest BCUT2D eigenvalue weighted by Crippen LogP contribution is -2.41. The maximum Gasteiger partial charge on any atom is 0.323 e. The van der Waals surface area contributed by atoms with Crippen LogP contribution < -0.4 is 0 Å². The summed E-state index contributed by atoms with van der Waals surface area (Å²) in [4.78, 5) is 25.1. The van der Waals surface area contributed by atoms with Crippen molar-refractivity contribution in [1.82, 2.24) is 0 Å². The predicted octanol–water partition coefficient (Wildman–Crippen LogP) is 6.23. The van der Waals surface area contributed by atoms with E-state index in [2.05, 4.69) is 6.92 Å². The van der Waals surface area contributed by atoms with Crippen molar-refractivity contribution in [2.24, 2.45) is 5.41 Å². The molecular weight excluding hydrogens is 368 g/mol. The van der Waals surface area contributed by atoms with Gasteiger partial charge in [0.1, 0.15) is 6.61 Å². The molecule has 0 bridgehead atoms. The summed E-state index contributed by atoms with van der Waals surface area (Å²) in [5.41, 5.74) is -1.19. The van der Waals surface area contributed by atoms with Crippen molar-refractivity contribution >= 4 is 11.9 Å². The third-order valence-electron chi connectivity index (χ3n) is 5.63. The zero-order valence-electron chi connectivity index (χ0n) is 19.6. The summed E-state index contributed by atoms with van der Waals surface area (Å²) in [5.74, 6) is -0.942. The van der Waals surface area contributed by atoms with Crippen LogP contribution in [0, 0.1) is 5.41 Å². The van der Waals surface area contributed by atoms with E-state index < -0.39 is 17.4 Å². The van der Waals surface area contributed by atoms with Gasteiger partial charge in [-0.1, -0.05) is 85.0 Å². The Kier molecular flexibility index (Phi) is 18.2. The van der Waals surface area contributed by atoms with Crippen LogP contribution in [0.5, 0.6) is 0 Å². The van der Waals surface area contributed by atoms with E-state index in [4.69, 9.17) is 14.2 Å². The van der Waals surface area contributed by atoms with E-state index in [-0.39, 0.29) is 6.61 Å². The van der Waals surface area contributed by atoms with Gasteiger partial charge in [0.2, 0.25) is 0 Å².